The van der Waals surface area contributed by atoms with E-state index in [1.165, 1.54) is 11.8 Å². The zero-order chi connectivity index (χ0) is 15.2. The maximum Gasteiger partial charge on any atom is 0.234 e. The molecule has 0 aliphatic carbocycles. The van der Waals surface area contributed by atoms with Crippen molar-refractivity contribution in [2.75, 3.05) is 11.1 Å². The molecule has 112 valence electrons. The van der Waals surface area contributed by atoms with Crippen molar-refractivity contribution in [3.05, 3.63) is 29.3 Å². The number of hydrogen-bond acceptors (Lipinski definition) is 5. The van der Waals surface area contributed by atoms with Crippen LogP contribution in [0.1, 0.15) is 25.0 Å². The predicted octanol–water partition coefficient (Wildman–Crippen LogP) is 2.07. The van der Waals surface area contributed by atoms with Gasteiger partial charge in [-0.3, -0.25) is 4.79 Å². The zero-order valence-corrected chi connectivity index (χ0v) is 13.3. The Morgan fingerprint density at radius 2 is 1.95 bits per heavy atom. The standard InChI is InChI=1S/C14H19N5OS/c1-4-10-7-6-8-11(5-2)13(10)15-12(20)9-21-14-16-17-18-19(14)3/h6-8H,4-5,9H2,1-3H3,(H,15,20). The number of rotatable bonds is 6. The summed E-state index contributed by atoms with van der Waals surface area (Å²) in [6.07, 6.45) is 1.79. The number of thioether (sulfide) groups is 1. The molecule has 0 aliphatic heterocycles. The first-order valence-electron chi connectivity index (χ1n) is 6.91. The van der Waals surface area contributed by atoms with Crippen LogP contribution >= 0.6 is 11.8 Å². The molecule has 0 unspecified atom stereocenters. The molecule has 0 bridgehead atoms. The van der Waals surface area contributed by atoms with Gasteiger partial charge in [0.25, 0.3) is 0 Å². The monoisotopic (exact) mass is 305 g/mol. The third-order valence-corrected chi connectivity index (χ3v) is 4.19. The maximum atomic E-state index is 12.1. The van der Waals surface area contributed by atoms with Crippen molar-refractivity contribution < 1.29 is 4.79 Å². The van der Waals surface area contributed by atoms with Crippen LogP contribution in [0, 0.1) is 0 Å². The van der Waals surface area contributed by atoms with Crippen LogP contribution in [0.15, 0.2) is 23.4 Å². The molecule has 1 N–H and O–H groups in total. The average molecular weight is 305 g/mol. The third-order valence-electron chi connectivity index (χ3n) is 3.18. The van der Waals surface area contributed by atoms with Gasteiger partial charge in [0.2, 0.25) is 11.1 Å². The Balaban J connectivity index is 2.04. The summed E-state index contributed by atoms with van der Waals surface area (Å²) in [4.78, 5) is 12.1. The lowest BCUT2D eigenvalue weighted by Crippen LogP contribution is -2.17. The number of para-hydroxylation sites is 1. The normalized spacial score (nSPS) is 10.6. The molecule has 0 saturated carbocycles. The summed E-state index contributed by atoms with van der Waals surface area (Å²) in [6.45, 7) is 4.18. The maximum absolute atomic E-state index is 12.1. The van der Waals surface area contributed by atoms with Crippen LogP contribution in [0.25, 0.3) is 0 Å². The SMILES string of the molecule is CCc1cccc(CC)c1NC(=O)CSc1nnnn1C. The van der Waals surface area contributed by atoms with E-state index >= 15 is 0 Å². The minimum Gasteiger partial charge on any atom is -0.325 e. The number of aryl methyl sites for hydroxylation is 3. The quantitative estimate of drug-likeness (QED) is 0.827. The van der Waals surface area contributed by atoms with Gasteiger partial charge >= 0.3 is 0 Å². The van der Waals surface area contributed by atoms with Crippen molar-refractivity contribution in [3.8, 4) is 0 Å². The second-order valence-electron chi connectivity index (χ2n) is 4.58. The zero-order valence-electron chi connectivity index (χ0n) is 12.5. The van der Waals surface area contributed by atoms with E-state index in [0.29, 0.717) is 5.16 Å². The van der Waals surface area contributed by atoms with Crippen LogP contribution in [0.4, 0.5) is 5.69 Å². The number of nitrogens with one attached hydrogen (secondary N) is 1. The third kappa shape index (κ3) is 3.81. The second kappa shape index (κ2) is 7.21. The Hall–Kier alpha value is -1.89. The van der Waals surface area contributed by atoms with Crippen LogP contribution in [0.3, 0.4) is 0 Å². The first-order valence-corrected chi connectivity index (χ1v) is 7.90. The summed E-state index contributed by atoms with van der Waals surface area (Å²) in [5.41, 5.74) is 3.27. The molecule has 2 rings (SSSR count). The van der Waals surface area contributed by atoms with Gasteiger partial charge in [0.15, 0.2) is 0 Å². The molecule has 1 aromatic heterocycles. The number of aromatic nitrogens is 4. The number of benzene rings is 1. The van der Waals surface area contributed by atoms with Gasteiger partial charge in [-0.15, -0.1) is 5.10 Å². The lowest BCUT2D eigenvalue weighted by atomic mass is 10.0. The fourth-order valence-corrected chi connectivity index (χ4v) is 2.70. The predicted molar refractivity (Wildman–Crippen MR) is 83.3 cm³/mol. The number of carbonyl (C=O) groups excluding carboxylic acids is 1. The van der Waals surface area contributed by atoms with Gasteiger partial charge in [-0.1, -0.05) is 43.8 Å². The van der Waals surface area contributed by atoms with E-state index in [4.69, 9.17) is 0 Å². The van der Waals surface area contributed by atoms with Crippen molar-refractivity contribution in [2.24, 2.45) is 7.05 Å². The summed E-state index contributed by atoms with van der Waals surface area (Å²) in [7, 11) is 1.75. The van der Waals surface area contributed by atoms with Crippen molar-refractivity contribution >= 4 is 23.4 Å². The molecule has 0 aliphatic rings. The fourth-order valence-electron chi connectivity index (χ4n) is 2.05. The largest absolute Gasteiger partial charge is 0.325 e. The van der Waals surface area contributed by atoms with Crippen LogP contribution in [0.5, 0.6) is 0 Å². The van der Waals surface area contributed by atoms with Gasteiger partial charge in [0.05, 0.1) is 5.75 Å². The molecule has 0 atom stereocenters. The van der Waals surface area contributed by atoms with Crippen LogP contribution in [0.2, 0.25) is 0 Å². The van der Waals surface area contributed by atoms with E-state index in [1.54, 1.807) is 11.7 Å². The molecule has 1 amide bonds. The summed E-state index contributed by atoms with van der Waals surface area (Å²) in [5.74, 6) is 0.244. The van der Waals surface area contributed by atoms with Gasteiger partial charge < -0.3 is 5.32 Å². The number of nitrogens with zero attached hydrogens (tertiary/aromatic N) is 4. The van der Waals surface area contributed by atoms with Crippen molar-refractivity contribution in [2.45, 2.75) is 31.8 Å². The Morgan fingerprint density at radius 3 is 2.48 bits per heavy atom. The number of amides is 1. The molecule has 7 heteroatoms. The fraction of sp³-hybridized carbons (Fsp3) is 0.429. The van der Waals surface area contributed by atoms with Crippen molar-refractivity contribution in [1.82, 2.24) is 20.2 Å². The van der Waals surface area contributed by atoms with Gasteiger partial charge in [-0.25, -0.2) is 4.68 Å². The Kier molecular flexibility index (Phi) is 5.32. The van der Waals surface area contributed by atoms with E-state index in [0.717, 1.165) is 29.7 Å². The molecular formula is C14H19N5OS. The first-order chi connectivity index (χ1) is 10.2. The Bertz CT molecular complexity index is 603. The summed E-state index contributed by atoms with van der Waals surface area (Å²) >= 11 is 1.32. The van der Waals surface area contributed by atoms with E-state index in [1.807, 2.05) is 6.07 Å². The van der Waals surface area contributed by atoms with Crippen LogP contribution in [-0.2, 0) is 24.7 Å². The van der Waals surface area contributed by atoms with Crippen LogP contribution in [-0.4, -0.2) is 31.9 Å². The smallest absolute Gasteiger partial charge is 0.234 e. The molecule has 0 radical (unpaired) electrons. The van der Waals surface area contributed by atoms with E-state index in [-0.39, 0.29) is 11.7 Å². The molecule has 0 fully saturated rings. The number of tetrazole rings is 1. The topological polar surface area (TPSA) is 72.7 Å². The van der Waals surface area contributed by atoms with E-state index < -0.39 is 0 Å². The number of anilines is 1. The van der Waals surface area contributed by atoms with Gasteiger partial charge in [-0.2, -0.15) is 0 Å². The number of carbonyl (C=O) groups is 1. The molecule has 1 heterocycles. The van der Waals surface area contributed by atoms with E-state index in [2.05, 4.69) is 46.8 Å². The molecule has 2 aromatic rings. The lowest BCUT2D eigenvalue weighted by molar-refractivity contribution is -0.113. The molecule has 21 heavy (non-hydrogen) atoms. The molecule has 0 spiro atoms. The van der Waals surface area contributed by atoms with Crippen molar-refractivity contribution in [1.29, 1.82) is 0 Å². The number of hydrogen-bond donors (Lipinski definition) is 1. The highest BCUT2D eigenvalue weighted by Gasteiger charge is 2.12. The minimum atomic E-state index is -0.0430. The summed E-state index contributed by atoms with van der Waals surface area (Å²) in [5, 5.41) is 14.8. The summed E-state index contributed by atoms with van der Waals surface area (Å²) < 4.78 is 1.55. The first kappa shape index (κ1) is 15.5. The highest BCUT2D eigenvalue weighted by atomic mass is 32.2. The summed E-state index contributed by atoms with van der Waals surface area (Å²) in [6, 6.07) is 6.14. The highest BCUT2D eigenvalue weighted by molar-refractivity contribution is 7.99. The Morgan fingerprint density at radius 1 is 1.29 bits per heavy atom. The van der Waals surface area contributed by atoms with Crippen LogP contribution < -0.4 is 5.32 Å². The van der Waals surface area contributed by atoms with Gasteiger partial charge in [0.1, 0.15) is 0 Å². The average Bonchev–Trinajstić information content (AvgIpc) is 2.90. The Labute approximate surface area is 128 Å². The minimum absolute atomic E-state index is 0.0430. The molecule has 6 nitrogen and oxygen atoms in total. The van der Waals surface area contributed by atoms with E-state index in [9.17, 15) is 4.79 Å². The molecule has 1 aromatic carbocycles. The molecular weight excluding hydrogens is 286 g/mol. The highest BCUT2D eigenvalue weighted by Crippen LogP contribution is 2.23. The second-order valence-corrected chi connectivity index (χ2v) is 5.52. The lowest BCUT2D eigenvalue weighted by Gasteiger charge is -2.14. The molecule has 0 saturated heterocycles. The van der Waals surface area contributed by atoms with Gasteiger partial charge in [-0.05, 0) is 34.4 Å². The van der Waals surface area contributed by atoms with Crippen molar-refractivity contribution in [3.63, 3.8) is 0 Å². The van der Waals surface area contributed by atoms with Gasteiger partial charge in [0, 0.05) is 12.7 Å².